The number of aromatic nitrogens is 2. The van der Waals surface area contributed by atoms with E-state index in [2.05, 4.69) is 5.10 Å². The lowest BCUT2D eigenvalue weighted by Gasteiger charge is -2.24. The van der Waals surface area contributed by atoms with Crippen LogP contribution in [0.25, 0.3) is 0 Å². The first-order valence-corrected chi connectivity index (χ1v) is 5.95. The van der Waals surface area contributed by atoms with Gasteiger partial charge in [-0.25, -0.2) is 4.39 Å². The number of anilines is 1. The van der Waals surface area contributed by atoms with Crippen molar-refractivity contribution in [1.82, 2.24) is 9.78 Å². The van der Waals surface area contributed by atoms with Gasteiger partial charge < -0.3 is 5.73 Å². The van der Waals surface area contributed by atoms with Crippen molar-refractivity contribution in [3.05, 3.63) is 11.5 Å². The van der Waals surface area contributed by atoms with E-state index in [1.807, 2.05) is 20.8 Å². The van der Waals surface area contributed by atoms with Crippen molar-refractivity contribution in [3.63, 3.8) is 0 Å². The van der Waals surface area contributed by atoms with E-state index in [-0.39, 0.29) is 17.2 Å². The van der Waals surface area contributed by atoms with E-state index >= 15 is 0 Å². The summed E-state index contributed by atoms with van der Waals surface area (Å²) in [6.07, 6.45) is 4.47. The Bertz CT molecular complexity index is 384. The van der Waals surface area contributed by atoms with E-state index in [0.29, 0.717) is 11.6 Å². The summed E-state index contributed by atoms with van der Waals surface area (Å²) in [5, 5.41) is 4.15. The zero-order valence-electron chi connectivity index (χ0n) is 10.3. The van der Waals surface area contributed by atoms with Gasteiger partial charge in [0.2, 0.25) is 0 Å². The van der Waals surface area contributed by atoms with Crippen LogP contribution in [0.5, 0.6) is 0 Å². The monoisotopic (exact) mass is 225 g/mol. The fourth-order valence-electron chi connectivity index (χ4n) is 2.49. The molecule has 2 rings (SSSR count). The molecule has 0 saturated heterocycles. The van der Waals surface area contributed by atoms with E-state index < -0.39 is 0 Å². The summed E-state index contributed by atoms with van der Waals surface area (Å²) >= 11 is 0. The summed E-state index contributed by atoms with van der Waals surface area (Å²) in [5.74, 6) is 0.0303. The van der Waals surface area contributed by atoms with Crippen molar-refractivity contribution in [2.45, 2.75) is 57.9 Å². The van der Waals surface area contributed by atoms with E-state index in [1.165, 1.54) is 12.8 Å². The minimum atomic E-state index is -0.304. The van der Waals surface area contributed by atoms with Crippen molar-refractivity contribution >= 4 is 5.82 Å². The molecule has 2 N–H and O–H groups in total. The summed E-state index contributed by atoms with van der Waals surface area (Å²) in [6, 6.07) is 0. The summed E-state index contributed by atoms with van der Waals surface area (Å²) in [4.78, 5) is 0. The number of hydrogen-bond acceptors (Lipinski definition) is 2. The van der Waals surface area contributed by atoms with Gasteiger partial charge in [-0.15, -0.1) is 0 Å². The highest BCUT2D eigenvalue weighted by Crippen LogP contribution is 2.38. The normalized spacial score (nSPS) is 18.2. The van der Waals surface area contributed by atoms with Gasteiger partial charge in [0.25, 0.3) is 0 Å². The van der Waals surface area contributed by atoms with Crippen LogP contribution in [0.1, 0.15) is 58.1 Å². The standard InChI is InChI=1S/C12H20FN3/c1-12(2,3)16-10(8-6-4-5-7-8)9(13)11(14)15-16/h8H,4-7H2,1-3H3,(H2,14,15). The second kappa shape index (κ2) is 3.75. The van der Waals surface area contributed by atoms with Crippen molar-refractivity contribution in [3.8, 4) is 0 Å². The third kappa shape index (κ3) is 1.81. The van der Waals surface area contributed by atoms with E-state index in [0.717, 1.165) is 12.8 Å². The quantitative estimate of drug-likeness (QED) is 0.798. The summed E-state index contributed by atoms with van der Waals surface area (Å²) in [6.45, 7) is 6.08. The van der Waals surface area contributed by atoms with E-state index in [4.69, 9.17) is 5.73 Å². The number of halogens is 1. The van der Waals surface area contributed by atoms with Crippen LogP contribution in [0.4, 0.5) is 10.2 Å². The van der Waals surface area contributed by atoms with Crippen LogP contribution in [-0.2, 0) is 5.54 Å². The van der Waals surface area contributed by atoms with Crippen LogP contribution in [0.2, 0.25) is 0 Å². The molecule has 0 spiro atoms. The van der Waals surface area contributed by atoms with Gasteiger partial charge in [-0.2, -0.15) is 5.10 Å². The lowest BCUT2D eigenvalue weighted by Crippen LogP contribution is -2.26. The Morgan fingerprint density at radius 3 is 2.38 bits per heavy atom. The third-order valence-corrected chi connectivity index (χ3v) is 3.26. The third-order valence-electron chi connectivity index (χ3n) is 3.26. The van der Waals surface area contributed by atoms with Crippen LogP contribution in [0.15, 0.2) is 0 Å². The first-order valence-electron chi connectivity index (χ1n) is 5.95. The molecule has 16 heavy (non-hydrogen) atoms. The highest BCUT2D eigenvalue weighted by Gasteiger charge is 2.30. The largest absolute Gasteiger partial charge is 0.380 e. The van der Waals surface area contributed by atoms with Crippen LogP contribution < -0.4 is 5.73 Å². The molecule has 90 valence electrons. The molecule has 0 radical (unpaired) electrons. The van der Waals surface area contributed by atoms with Gasteiger partial charge in [-0.1, -0.05) is 12.8 Å². The molecule has 3 nitrogen and oxygen atoms in total. The number of nitrogens with zero attached hydrogens (tertiary/aromatic N) is 2. The van der Waals surface area contributed by atoms with Crippen molar-refractivity contribution in [1.29, 1.82) is 0 Å². The minimum absolute atomic E-state index is 0.0387. The molecule has 0 atom stereocenters. The average Bonchev–Trinajstić information content (AvgIpc) is 2.75. The maximum atomic E-state index is 14.0. The number of hydrogen-bond donors (Lipinski definition) is 1. The summed E-state index contributed by atoms with van der Waals surface area (Å²) in [7, 11) is 0. The summed E-state index contributed by atoms with van der Waals surface area (Å²) in [5.41, 5.74) is 6.10. The van der Waals surface area contributed by atoms with Gasteiger partial charge in [0.1, 0.15) is 0 Å². The van der Waals surface area contributed by atoms with Gasteiger partial charge in [0, 0.05) is 5.92 Å². The van der Waals surface area contributed by atoms with E-state index in [1.54, 1.807) is 4.68 Å². The van der Waals surface area contributed by atoms with Crippen molar-refractivity contribution in [2.24, 2.45) is 0 Å². The van der Waals surface area contributed by atoms with E-state index in [9.17, 15) is 4.39 Å². The van der Waals surface area contributed by atoms with Gasteiger partial charge >= 0.3 is 0 Å². The van der Waals surface area contributed by atoms with Gasteiger partial charge in [-0.3, -0.25) is 4.68 Å². The Labute approximate surface area is 95.8 Å². The lowest BCUT2D eigenvalue weighted by atomic mass is 10.0. The molecule has 1 aliphatic rings. The molecule has 1 saturated carbocycles. The molecular formula is C12H20FN3. The van der Waals surface area contributed by atoms with Crippen LogP contribution in [-0.4, -0.2) is 9.78 Å². The topological polar surface area (TPSA) is 43.8 Å². The number of nitrogen functional groups attached to an aromatic ring is 1. The summed E-state index contributed by atoms with van der Waals surface area (Å²) < 4.78 is 15.8. The predicted octanol–water partition coefficient (Wildman–Crippen LogP) is 3.02. The highest BCUT2D eigenvalue weighted by atomic mass is 19.1. The molecule has 1 aromatic rings. The van der Waals surface area contributed by atoms with Crippen molar-refractivity contribution in [2.75, 3.05) is 5.73 Å². The SMILES string of the molecule is CC(C)(C)n1nc(N)c(F)c1C1CCCC1. The molecule has 0 amide bonds. The highest BCUT2D eigenvalue weighted by molar-refractivity contribution is 5.35. The Kier molecular flexibility index (Phi) is 2.68. The van der Waals surface area contributed by atoms with Crippen LogP contribution >= 0.6 is 0 Å². The smallest absolute Gasteiger partial charge is 0.188 e. The van der Waals surface area contributed by atoms with Gasteiger partial charge in [0.15, 0.2) is 11.6 Å². The van der Waals surface area contributed by atoms with Gasteiger partial charge in [-0.05, 0) is 33.6 Å². The molecule has 1 aromatic heterocycles. The van der Waals surface area contributed by atoms with Crippen LogP contribution in [0, 0.1) is 5.82 Å². The molecule has 0 aromatic carbocycles. The molecular weight excluding hydrogens is 205 g/mol. The van der Waals surface area contributed by atoms with Gasteiger partial charge in [0.05, 0.1) is 11.2 Å². The van der Waals surface area contributed by atoms with Crippen molar-refractivity contribution < 1.29 is 4.39 Å². The zero-order valence-corrected chi connectivity index (χ0v) is 10.3. The molecule has 0 unspecified atom stereocenters. The molecule has 1 fully saturated rings. The second-order valence-corrected chi connectivity index (χ2v) is 5.65. The zero-order chi connectivity index (χ0) is 11.9. The molecule has 0 bridgehead atoms. The Balaban J connectivity index is 2.48. The van der Waals surface area contributed by atoms with Crippen LogP contribution in [0.3, 0.4) is 0 Å². The average molecular weight is 225 g/mol. The Morgan fingerprint density at radius 2 is 1.88 bits per heavy atom. The lowest BCUT2D eigenvalue weighted by molar-refractivity contribution is 0.331. The fourth-order valence-corrected chi connectivity index (χ4v) is 2.49. The molecule has 0 aliphatic heterocycles. The predicted molar refractivity (Wildman–Crippen MR) is 62.8 cm³/mol. The maximum absolute atomic E-state index is 14.0. The minimum Gasteiger partial charge on any atom is -0.380 e. The molecule has 1 heterocycles. The molecule has 4 heteroatoms. The maximum Gasteiger partial charge on any atom is 0.188 e. The first-order chi connectivity index (χ1) is 7.41. The Morgan fingerprint density at radius 1 is 1.31 bits per heavy atom. The molecule has 1 aliphatic carbocycles. The Hall–Kier alpha value is -1.06. The fraction of sp³-hybridized carbons (Fsp3) is 0.750. The second-order valence-electron chi connectivity index (χ2n) is 5.65. The first kappa shape index (κ1) is 11.4. The number of nitrogens with two attached hydrogens (primary N) is 1. The number of rotatable bonds is 1.